The van der Waals surface area contributed by atoms with E-state index in [4.69, 9.17) is 5.11 Å². The lowest BCUT2D eigenvalue weighted by molar-refractivity contribution is -0.139. The van der Waals surface area contributed by atoms with E-state index in [1.807, 2.05) is 0 Å². The lowest BCUT2D eigenvalue weighted by Crippen LogP contribution is -2.14. The van der Waals surface area contributed by atoms with E-state index in [2.05, 4.69) is 0 Å². The largest absolute Gasteiger partial charge is 0.416 e. The molecule has 0 fully saturated rings. The van der Waals surface area contributed by atoms with Gasteiger partial charge < -0.3 is 10.2 Å². The van der Waals surface area contributed by atoms with Gasteiger partial charge in [0.25, 0.3) is 0 Å². The predicted molar refractivity (Wildman–Crippen MR) is 48.9 cm³/mol. The highest BCUT2D eigenvalue weighted by molar-refractivity contribution is 5.75. The molecule has 0 radical (unpaired) electrons. The van der Waals surface area contributed by atoms with Crippen LogP contribution in [0, 0.1) is 0 Å². The van der Waals surface area contributed by atoms with Gasteiger partial charge in [-0.2, -0.15) is 13.2 Å². The number of halogens is 3. The number of alkyl halides is 3. The van der Waals surface area contributed by atoms with Crippen LogP contribution in [0.1, 0.15) is 27.6 Å². The Balaban J connectivity index is 3.33. The normalized spacial score (nSPS) is 13.6. The van der Waals surface area contributed by atoms with Crippen molar-refractivity contribution in [3.8, 4) is 0 Å². The second kappa shape index (κ2) is 4.63. The van der Waals surface area contributed by atoms with Crippen LogP contribution < -0.4 is 0 Å². The molecule has 0 aliphatic carbocycles. The lowest BCUT2D eigenvalue weighted by atomic mass is 10.00. The molecule has 0 spiro atoms. The average Bonchev–Trinajstić information content (AvgIpc) is 2.26. The van der Waals surface area contributed by atoms with Crippen molar-refractivity contribution in [1.29, 1.82) is 0 Å². The summed E-state index contributed by atoms with van der Waals surface area (Å²) in [6.07, 6.45) is -6.01. The predicted octanol–water partition coefficient (Wildman–Crippen LogP) is 1.54. The highest BCUT2D eigenvalue weighted by atomic mass is 19.4. The summed E-state index contributed by atoms with van der Waals surface area (Å²) in [5.41, 5.74) is -1.69. The maximum atomic E-state index is 12.6. The summed E-state index contributed by atoms with van der Waals surface area (Å²) < 4.78 is 37.7. The molecule has 0 heterocycles. The molecule has 6 heteroatoms. The van der Waals surface area contributed by atoms with Crippen molar-refractivity contribution in [2.24, 2.45) is 0 Å². The molecule has 0 amide bonds. The van der Waals surface area contributed by atoms with Gasteiger partial charge in [-0.15, -0.1) is 0 Å². The van der Waals surface area contributed by atoms with Crippen molar-refractivity contribution in [1.82, 2.24) is 0 Å². The van der Waals surface area contributed by atoms with Crippen LogP contribution in [0.25, 0.3) is 0 Å². The van der Waals surface area contributed by atoms with E-state index in [0.717, 1.165) is 12.1 Å². The van der Waals surface area contributed by atoms with Crippen LogP contribution in [-0.4, -0.2) is 23.1 Å². The number of carbonyl (C=O) groups excluding carboxylic acids is 1. The standard InChI is InChI=1S/C10H9F3O3/c11-10(12,13)8-3-6(4-14)1-2-7(8)9(16)5-15/h1-4,9,15-16H,5H2. The Hall–Kier alpha value is -1.40. The molecule has 0 aliphatic rings. The first-order valence-electron chi connectivity index (χ1n) is 4.35. The second-order valence-corrected chi connectivity index (χ2v) is 3.16. The van der Waals surface area contributed by atoms with Gasteiger partial charge in [-0.1, -0.05) is 12.1 Å². The number of aldehydes is 1. The third kappa shape index (κ3) is 2.59. The maximum absolute atomic E-state index is 12.6. The first-order valence-corrected chi connectivity index (χ1v) is 4.35. The van der Waals surface area contributed by atoms with Gasteiger partial charge >= 0.3 is 6.18 Å². The molecule has 88 valence electrons. The fraction of sp³-hybridized carbons (Fsp3) is 0.300. The first kappa shape index (κ1) is 12.7. The van der Waals surface area contributed by atoms with E-state index in [1.165, 1.54) is 0 Å². The van der Waals surface area contributed by atoms with Gasteiger partial charge in [0.2, 0.25) is 0 Å². The number of rotatable bonds is 3. The summed E-state index contributed by atoms with van der Waals surface area (Å²) in [7, 11) is 0. The Morgan fingerprint density at radius 1 is 1.38 bits per heavy atom. The molecule has 0 saturated carbocycles. The zero-order valence-corrected chi connectivity index (χ0v) is 8.03. The molecule has 1 unspecified atom stereocenters. The van der Waals surface area contributed by atoms with Gasteiger partial charge in [-0.25, -0.2) is 0 Å². The van der Waals surface area contributed by atoms with Crippen LogP contribution in [0.3, 0.4) is 0 Å². The SMILES string of the molecule is O=Cc1ccc(C(O)CO)c(C(F)(F)F)c1. The van der Waals surface area contributed by atoms with E-state index in [0.29, 0.717) is 6.07 Å². The Morgan fingerprint density at radius 3 is 2.44 bits per heavy atom. The highest BCUT2D eigenvalue weighted by Crippen LogP contribution is 2.35. The lowest BCUT2D eigenvalue weighted by Gasteiger charge is -2.16. The van der Waals surface area contributed by atoms with Crippen molar-refractivity contribution in [2.45, 2.75) is 12.3 Å². The van der Waals surface area contributed by atoms with Gasteiger partial charge in [0.1, 0.15) is 12.4 Å². The summed E-state index contributed by atoms with van der Waals surface area (Å²) in [5, 5.41) is 17.8. The zero-order chi connectivity index (χ0) is 12.3. The molecule has 1 rings (SSSR count). The molecule has 0 saturated heterocycles. The minimum atomic E-state index is -4.68. The Kier molecular flexibility index (Phi) is 3.66. The monoisotopic (exact) mass is 234 g/mol. The molecule has 0 bridgehead atoms. The molecule has 1 aromatic rings. The Bertz CT molecular complexity index is 387. The number of hydrogen-bond donors (Lipinski definition) is 2. The fourth-order valence-corrected chi connectivity index (χ4v) is 1.28. The van der Waals surface area contributed by atoms with Crippen LogP contribution >= 0.6 is 0 Å². The number of carbonyl (C=O) groups is 1. The maximum Gasteiger partial charge on any atom is 0.416 e. The summed E-state index contributed by atoms with van der Waals surface area (Å²) in [4.78, 5) is 10.4. The quantitative estimate of drug-likeness (QED) is 0.780. The van der Waals surface area contributed by atoms with E-state index >= 15 is 0 Å². The molecule has 1 atom stereocenters. The summed E-state index contributed by atoms with van der Waals surface area (Å²) in [5.74, 6) is 0. The number of benzene rings is 1. The van der Waals surface area contributed by atoms with E-state index in [1.54, 1.807) is 0 Å². The molecule has 16 heavy (non-hydrogen) atoms. The summed E-state index contributed by atoms with van der Waals surface area (Å²) >= 11 is 0. The zero-order valence-electron chi connectivity index (χ0n) is 8.03. The molecule has 2 N–H and O–H groups in total. The van der Waals surface area contributed by atoms with Crippen LogP contribution in [-0.2, 0) is 6.18 Å². The third-order valence-corrected chi connectivity index (χ3v) is 2.05. The van der Waals surface area contributed by atoms with Gasteiger partial charge in [0.05, 0.1) is 12.2 Å². The smallest absolute Gasteiger partial charge is 0.393 e. The van der Waals surface area contributed by atoms with Crippen molar-refractivity contribution in [3.63, 3.8) is 0 Å². The molecule has 0 aliphatic heterocycles. The summed E-state index contributed by atoms with van der Waals surface area (Å²) in [6.45, 7) is -0.816. The van der Waals surface area contributed by atoms with Gasteiger partial charge in [-0.3, -0.25) is 4.79 Å². The highest BCUT2D eigenvalue weighted by Gasteiger charge is 2.35. The average molecular weight is 234 g/mol. The summed E-state index contributed by atoms with van der Waals surface area (Å²) in [6, 6.07) is 2.77. The molecule has 3 nitrogen and oxygen atoms in total. The molecule has 1 aromatic carbocycles. The molecular formula is C10H9F3O3. The molecule has 0 aromatic heterocycles. The van der Waals surface area contributed by atoms with Crippen LogP contribution in [0.15, 0.2) is 18.2 Å². The number of hydrogen-bond acceptors (Lipinski definition) is 3. The van der Waals surface area contributed by atoms with E-state index in [-0.39, 0.29) is 11.8 Å². The first-order chi connectivity index (χ1) is 7.40. The van der Waals surface area contributed by atoms with Gasteiger partial charge in [-0.05, 0) is 11.6 Å². The van der Waals surface area contributed by atoms with E-state index < -0.39 is 30.0 Å². The van der Waals surface area contributed by atoms with Gasteiger partial charge in [0.15, 0.2) is 0 Å². The minimum absolute atomic E-state index is 0.138. The Morgan fingerprint density at radius 2 is 2.00 bits per heavy atom. The fourth-order valence-electron chi connectivity index (χ4n) is 1.28. The van der Waals surface area contributed by atoms with Crippen LogP contribution in [0.5, 0.6) is 0 Å². The van der Waals surface area contributed by atoms with Crippen LogP contribution in [0.4, 0.5) is 13.2 Å². The van der Waals surface area contributed by atoms with Crippen molar-refractivity contribution < 1.29 is 28.2 Å². The number of aliphatic hydroxyl groups is 2. The Labute approximate surface area is 89.1 Å². The molecular weight excluding hydrogens is 225 g/mol. The topological polar surface area (TPSA) is 57.5 Å². The van der Waals surface area contributed by atoms with Gasteiger partial charge in [0, 0.05) is 5.56 Å². The van der Waals surface area contributed by atoms with Crippen molar-refractivity contribution >= 4 is 6.29 Å². The number of aliphatic hydroxyl groups excluding tert-OH is 2. The van der Waals surface area contributed by atoms with Crippen molar-refractivity contribution in [2.75, 3.05) is 6.61 Å². The second-order valence-electron chi connectivity index (χ2n) is 3.16. The van der Waals surface area contributed by atoms with E-state index in [9.17, 15) is 23.1 Å². The minimum Gasteiger partial charge on any atom is -0.393 e. The van der Waals surface area contributed by atoms with Crippen molar-refractivity contribution in [3.05, 3.63) is 34.9 Å². The third-order valence-electron chi connectivity index (χ3n) is 2.05. The van der Waals surface area contributed by atoms with Crippen LogP contribution in [0.2, 0.25) is 0 Å².